The normalized spacial score (nSPS) is 11.1. The average molecular weight is 247 g/mol. The third-order valence-electron chi connectivity index (χ3n) is 2.46. The monoisotopic (exact) mass is 247 g/mol. The van der Waals surface area contributed by atoms with Gasteiger partial charge in [0.15, 0.2) is 0 Å². The lowest BCUT2D eigenvalue weighted by Crippen LogP contribution is -2.20. The maximum atomic E-state index is 12.1. The van der Waals surface area contributed by atoms with Gasteiger partial charge >= 0.3 is 0 Å². The molecule has 0 saturated carbocycles. The Morgan fingerprint density at radius 3 is 3.18 bits per heavy atom. The Kier molecular flexibility index (Phi) is 2.29. The topological polar surface area (TPSA) is 60.9 Å². The van der Waals surface area contributed by atoms with Crippen molar-refractivity contribution in [2.75, 3.05) is 0 Å². The number of fused-ring (bicyclic) bond motifs is 1. The van der Waals surface area contributed by atoms with E-state index in [0.717, 1.165) is 16.3 Å². The molecule has 86 valence electrons. The van der Waals surface area contributed by atoms with Gasteiger partial charge in [-0.15, -0.1) is 11.3 Å². The summed E-state index contributed by atoms with van der Waals surface area (Å²) in [6.07, 6.45) is 1.55. The van der Waals surface area contributed by atoms with Gasteiger partial charge in [-0.25, -0.2) is 4.98 Å². The van der Waals surface area contributed by atoms with Crippen LogP contribution in [0.15, 0.2) is 33.2 Å². The van der Waals surface area contributed by atoms with E-state index in [0.29, 0.717) is 11.9 Å². The second-order valence-electron chi connectivity index (χ2n) is 3.75. The summed E-state index contributed by atoms with van der Waals surface area (Å²) in [5.74, 6) is 0.734. The van der Waals surface area contributed by atoms with E-state index < -0.39 is 0 Å². The van der Waals surface area contributed by atoms with Crippen LogP contribution in [0.5, 0.6) is 0 Å². The van der Waals surface area contributed by atoms with Gasteiger partial charge in [0.25, 0.3) is 5.56 Å². The minimum atomic E-state index is -0.0445. The summed E-state index contributed by atoms with van der Waals surface area (Å²) < 4.78 is 6.50. The summed E-state index contributed by atoms with van der Waals surface area (Å²) in [5.41, 5.74) is 0.679. The second kappa shape index (κ2) is 3.81. The molecule has 0 aliphatic carbocycles. The van der Waals surface area contributed by atoms with Crippen LogP contribution in [-0.2, 0) is 6.54 Å². The van der Waals surface area contributed by atoms with Crippen molar-refractivity contribution in [1.29, 1.82) is 0 Å². The van der Waals surface area contributed by atoms with Gasteiger partial charge in [-0.3, -0.25) is 9.36 Å². The first kappa shape index (κ1) is 10.2. The van der Waals surface area contributed by atoms with Gasteiger partial charge in [-0.1, -0.05) is 5.16 Å². The predicted octanol–water partition coefficient (Wildman–Crippen LogP) is 1.80. The van der Waals surface area contributed by atoms with Gasteiger partial charge in [0, 0.05) is 6.07 Å². The fourth-order valence-corrected chi connectivity index (χ4v) is 2.40. The zero-order valence-corrected chi connectivity index (χ0v) is 9.90. The van der Waals surface area contributed by atoms with Crippen molar-refractivity contribution in [2.45, 2.75) is 13.5 Å². The lowest BCUT2D eigenvalue weighted by molar-refractivity contribution is 0.388. The van der Waals surface area contributed by atoms with E-state index in [4.69, 9.17) is 4.52 Å². The van der Waals surface area contributed by atoms with Gasteiger partial charge in [0.05, 0.1) is 18.3 Å². The standard InChI is InChI=1S/C11H9N3O2S/c1-7-4-8(13-16-7)5-14-6-12-10-9(11(14)15)2-3-17-10/h2-4,6H,5H2,1H3. The van der Waals surface area contributed by atoms with Crippen molar-refractivity contribution in [3.63, 3.8) is 0 Å². The Morgan fingerprint density at radius 1 is 1.53 bits per heavy atom. The second-order valence-corrected chi connectivity index (χ2v) is 4.64. The first-order chi connectivity index (χ1) is 8.24. The fraction of sp³-hybridized carbons (Fsp3) is 0.182. The summed E-state index contributed by atoms with van der Waals surface area (Å²) in [6, 6.07) is 3.60. The number of aromatic nitrogens is 3. The maximum absolute atomic E-state index is 12.1. The molecule has 17 heavy (non-hydrogen) atoms. The quantitative estimate of drug-likeness (QED) is 0.692. The van der Waals surface area contributed by atoms with E-state index in [1.807, 2.05) is 18.4 Å². The highest BCUT2D eigenvalue weighted by Crippen LogP contribution is 2.13. The molecule has 5 nitrogen and oxygen atoms in total. The molecule has 3 rings (SSSR count). The molecular weight excluding hydrogens is 238 g/mol. The molecule has 0 N–H and O–H groups in total. The van der Waals surface area contributed by atoms with Crippen molar-refractivity contribution in [1.82, 2.24) is 14.7 Å². The summed E-state index contributed by atoms with van der Waals surface area (Å²) in [6.45, 7) is 2.20. The zero-order valence-electron chi connectivity index (χ0n) is 9.08. The predicted molar refractivity (Wildman–Crippen MR) is 64.2 cm³/mol. The SMILES string of the molecule is Cc1cc(Cn2cnc3sccc3c2=O)no1. The molecule has 3 aromatic rings. The van der Waals surface area contributed by atoms with Crippen molar-refractivity contribution in [3.8, 4) is 0 Å². The van der Waals surface area contributed by atoms with Crippen LogP contribution in [-0.4, -0.2) is 14.7 Å². The molecule has 0 unspecified atom stereocenters. The van der Waals surface area contributed by atoms with E-state index >= 15 is 0 Å². The minimum Gasteiger partial charge on any atom is -0.361 e. The van der Waals surface area contributed by atoms with Gasteiger partial charge in [-0.05, 0) is 18.4 Å². The summed E-state index contributed by atoms with van der Waals surface area (Å²) in [7, 11) is 0. The highest BCUT2D eigenvalue weighted by Gasteiger charge is 2.07. The summed E-state index contributed by atoms with van der Waals surface area (Å²) in [4.78, 5) is 17.1. The van der Waals surface area contributed by atoms with E-state index in [9.17, 15) is 4.79 Å². The number of rotatable bonds is 2. The fourth-order valence-electron chi connectivity index (χ4n) is 1.67. The molecule has 0 fully saturated rings. The van der Waals surface area contributed by atoms with E-state index in [2.05, 4.69) is 10.1 Å². The lowest BCUT2D eigenvalue weighted by atomic mass is 10.3. The van der Waals surface area contributed by atoms with E-state index in [-0.39, 0.29) is 5.56 Å². The molecule has 0 radical (unpaired) electrons. The number of nitrogens with zero attached hydrogens (tertiary/aromatic N) is 3. The molecular formula is C11H9N3O2S. The van der Waals surface area contributed by atoms with Crippen LogP contribution in [0.25, 0.3) is 10.2 Å². The van der Waals surface area contributed by atoms with Crippen molar-refractivity contribution < 1.29 is 4.52 Å². The maximum Gasteiger partial charge on any atom is 0.262 e. The molecule has 6 heteroatoms. The number of aryl methyl sites for hydroxylation is 1. The van der Waals surface area contributed by atoms with Gasteiger partial charge in [0.1, 0.15) is 16.3 Å². The van der Waals surface area contributed by atoms with Crippen molar-refractivity contribution in [2.24, 2.45) is 0 Å². The zero-order chi connectivity index (χ0) is 11.8. The Morgan fingerprint density at radius 2 is 2.41 bits per heavy atom. The largest absolute Gasteiger partial charge is 0.361 e. The van der Waals surface area contributed by atoms with Crippen molar-refractivity contribution >= 4 is 21.6 Å². The number of thiophene rings is 1. The first-order valence-electron chi connectivity index (χ1n) is 5.09. The molecule has 0 aliphatic heterocycles. The minimum absolute atomic E-state index is 0.0445. The van der Waals surface area contributed by atoms with Crippen LogP contribution >= 0.6 is 11.3 Å². The van der Waals surface area contributed by atoms with E-state index in [1.54, 1.807) is 12.4 Å². The Balaban J connectivity index is 2.06. The molecule has 0 spiro atoms. The molecule has 3 heterocycles. The molecule has 0 amide bonds. The number of hydrogen-bond acceptors (Lipinski definition) is 5. The van der Waals surface area contributed by atoms with Crippen molar-refractivity contribution in [3.05, 3.63) is 45.6 Å². The Hall–Kier alpha value is -1.95. The summed E-state index contributed by atoms with van der Waals surface area (Å²) in [5, 5.41) is 6.38. The highest BCUT2D eigenvalue weighted by molar-refractivity contribution is 7.16. The van der Waals surface area contributed by atoms with Gasteiger partial charge < -0.3 is 4.52 Å². The van der Waals surface area contributed by atoms with E-state index in [1.165, 1.54) is 15.9 Å². The molecule has 0 bridgehead atoms. The lowest BCUT2D eigenvalue weighted by Gasteiger charge is -2.01. The van der Waals surface area contributed by atoms with Crippen LogP contribution in [0.3, 0.4) is 0 Å². The molecule has 0 atom stereocenters. The van der Waals surface area contributed by atoms with Gasteiger partial charge in [-0.2, -0.15) is 0 Å². The molecule has 3 aromatic heterocycles. The molecule has 0 aromatic carbocycles. The Bertz CT molecular complexity index is 725. The summed E-state index contributed by atoms with van der Waals surface area (Å²) >= 11 is 1.46. The van der Waals surface area contributed by atoms with Crippen LogP contribution in [0, 0.1) is 6.92 Å². The first-order valence-corrected chi connectivity index (χ1v) is 5.97. The van der Waals surface area contributed by atoms with Gasteiger partial charge in [0.2, 0.25) is 0 Å². The smallest absolute Gasteiger partial charge is 0.262 e. The molecule has 0 saturated heterocycles. The van der Waals surface area contributed by atoms with Crippen LogP contribution < -0.4 is 5.56 Å². The van der Waals surface area contributed by atoms with Crippen LogP contribution in [0.4, 0.5) is 0 Å². The average Bonchev–Trinajstić information content (AvgIpc) is 2.92. The van der Waals surface area contributed by atoms with Crippen LogP contribution in [0.2, 0.25) is 0 Å². The van der Waals surface area contributed by atoms with Crippen LogP contribution in [0.1, 0.15) is 11.5 Å². The number of hydrogen-bond donors (Lipinski definition) is 0. The highest BCUT2D eigenvalue weighted by atomic mass is 32.1. The third-order valence-corrected chi connectivity index (χ3v) is 3.28. The third kappa shape index (κ3) is 1.76. The molecule has 0 aliphatic rings. The Labute approximate surface area is 100 Å².